The standard InChI is InChI=1S/C14H11F3N2O/c15-14(16,17)11-7-10(12-3-1-2-6-19-12)5-4-9(11)8-13(18)20/h1-7H,8H2,(H2,18,20). The Hall–Kier alpha value is -2.37. The zero-order chi connectivity index (χ0) is 14.8. The summed E-state index contributed by atoms with van der Waals surface area (Å²) in [6.07, 6.45) is -3.49. The van der Waals surface area contributed by atoms with Crippen LogP contribution in [-0.4, -0.2) is 10.9 Å². The molecule has 0 aliphatic rings. The van der Waals surface area contributed by atoms with E-state index in [1.54, 1.807) is 18.2 Å². The van der Waals surface area contributed by atoms with Crippen molar-refractivity contribution in [2.45, 2.75) is 12.6 Å². The smallest absolute Gasteiger partial charge is 0.369 e. The minimum Gasteiger partial charge on any atom is -0.369 e. The highest BCUT2D eigenvalue weighted by Gasteiger charge is 2.33. The Kier molecular flexibility index (Phi) is 3.74. The molecule has 3 nitrogen and oxygen atoms in total. The van der Waals surface area contributed by atoms with Crippen LogP contribution in [0.3, 0.4) is 0 Å². The molecule has 0 bridgehead atoms. The van der Waals surface area contributed by atoms with Crippen LogP contribution in [0, 0.1) is 0 Å². The van der Waals surface area contributed by atoms with Crippen LogP contribution in [0.2, 0.25) is 0 Å². The average molecular weight is 280 g/mol. The number of aromatic nitrogens is 1. The molecular weight excluding hydrogens is 269 g/mol. The summed E-state index contributed by atoms with van der Waals surface area (Å²) in [7, 11) is 0. The molecule has 1 heterocycles. The van der Waals surface area contributed by atoms with E-state index in [0.717, 1.165) is 6.07 Å². The van der Waals surface area contributed by atoms with E-state index in [0.29, 0.717) is 11.3 Å². The number of carbonyl (C=O) groups is 1. The molecule has 2 N–H and O–H groups in total. The molecule has 0 saturated carbocycles. The van der Waals surface area contributed by atoms with Crippen molar-refractivity contribution in [3.8, 4) is 11.3 Å². The van der Waals surface area contributed by atoms with Gasteiger partial charge < -0.3 is 5.73 Å². The number of alkyl halides is 3. The van der Waals surface area contributed by atoms with Crippen molar-refractivity contribution in [1.82, 2.24) is 4.98 Å². The quantitative estimate of drug-likeness (QED) is 0.939. The number of halogens is 3. The second-order valence-electron chi connectivity index (χ2n) is 4.23. The molecule has 1 amide bonds. The van der Waals surface area contributed by atoms with Crippen LogP contribution >= 0.6 is 0 Å². The number of carbonyl (C=O) groups excluding carboxylic acids is 1. The first-order valence-corrected chi connectivity index (χ1v) is 5.78. The van der Waals surface area contributed by atoms with Gasteiger partial charge in [-0.05, 0) is 23.8 Å². The molecule has 1 aromatic carbocycles. The van der Waals surface area contributed by atoms with Gasteiger partial charge in [0.05, 0.1) is 17.7 Å². The van der Waals surface area contributed by atoms with Gasteiger partial charge in [-0.1, -0.05) is 18.2 Å². The molecule has 0 fully saturated rings. The molecule has 0 unspecified atom stereocenters. The highest BCUT2D eigenvalue weighted by Crippen LogP contribution is 2.34. The monoisotopic (exact) mass is 280 g/mol. The molecular formula is C14H11F3N2O. The lowest BCUT2D eigenvalue weighted by Crippen LogP contribution is -2.18. The van der Waals surface area contributed by atoms with Crippen molar-refractivity contribution in [2.24, 2.45) is 5.73 Å². The number of pyridine rings is 1. The van der Waals surface area contributed by atoms with Crippen LogP contribution in [0.25, 0.3) is 11.3 Å². The summed E-state index contributed by atoms with van der Waals surface area (Å²) in [5.74, 6) is -0.805. The second-order valence-corrected chi connectivity index (χ2v) is 4.23. The normalized spacial score (nSPS) is 11.3. The Morgan fingerprint density at radius 1 is 1.20 bits per heavy atom. The summed E-state index contributed by atoms with van der Waals surface area (Å²) in [6.45, 7) is 0. The van der Waals surface area contributed by atoms with Crippen molar-refractivity contribution in [1.29, 1.82) is 0 Å². The largest absolute Gasteiger partial charge is 0.416 e. The van der Waals surface area contributed by atoms with Gasteiger partial charge >= 0.3 is 6.18 Å². The number of nitrogens with two attached hydrogens (primary N) is 1. The predicted octanol–water partition coefficient (Wildman–Crippen LogP) is 2.80. The summed E-state index contributed by atoms with van der Waals surface area (Å²) in [5, 5.41) is 0. The summed E-state index contributed by atoms with van der Waals surface area (Å²) < 4.78 is 39.1. The molecule has 2 rings (SSSR count). The Morgan fingerprint density at radius 3 is 2.50 bits per heavy atom. The maximum absolute atomic E-state index is 13.0. The second kappa shape index (κ2) is 5.32. The van der Waals surface area contributed by atoms with Crippen molar-refractivity contribution in [3.05, 3.63) is 53.7 Å². The van der Waals surface area contributed by atoms with Crippen LogP contribution in [0.4, 0.5) is 13.2 Å². The molecule has 0 saturated heterocycles. The number of primary amides is 1. The van der Waals surface area contributed by atoms with Gasteiger partial charge in [0.1, 0.15) is 0 Å². The average Bonchev–Trinajstić information content (AvgIpc) is 2.38. The number of hydrogen-bond donors (Lipinski definition) is 1. The van der Waals surface area contributed by atoms with E-state index in [9.17, 15) is 18.0 Å². The third-order valence-electron chi connectivity index (χ3n) is 2.74. The van der Waals surface area contributed by atoms with Crippen molar-refractivity contribution >= 4 is 5.91 Å². The SMILES string of the molecule is NC(=O)Cc1ccc(-c2ccccn2)cc1C(F)(F)F. The third kappa shape index (κ3) is 3.14. The summed E-state index contributed by atoms with van der Waals surface area (Å²) in [6, 6.07) is 8.72. The lowest BCUT2D eigenvalue weighted by atomic mass is 9.99. The molecule has 0 aliphatic carbocycles. The van der Waals surface area contributed by atoms with E-state index in [2.05, 4.69) is 4.98 Å². The van der Waals surface area contributed by atoms with E-state index in [1.165, 1.54) is 18.3 Å². The zero-order valence-corrected chi connectivity index (χ0v) is 10.3. The van der Waals surface area contributed by atoms with Crippen LogP contribution in [0.15, 0.2) is 42.6 Å². The number of amides is 1. The van der Waals surface area contributed by atoms with Gasteiger partial charge in [-0.2, -0.15) is 13.2 Å². The predicted molar refractivity (Wildman–Crippen MR) is 67.6 cm³/mol. The number of nitrogens with zero attached hydrogens (tertiary/aromatic N) is 1. The minimum atomic E-state index is -4.55. The molecule has 104 valence electrons. The summed E-state index contributed by atoms with van der Waals surface area (Å²) >= 11 is 0. The molecule has 0 radical (unpaired) electrons. The van der Waals surface area contributed by atoms with Gasteiger partial charge in [0, 0.05) is 11.8 Å². The Balaban J connectivity index is 2.52. The first-order chi connectivity index (χ1) is 9.38. The maximum Gasteiger partial charge on any atom is 0.416 e. The van der Waals surface area contributed by atoms with E-state index in [4.69, 9.17) is 5.73 Å². The molecule has 6 heteroatoms. The van der Waals surface area contributed by atoms with Gasteiger partial charge in [0.2, 0.25) is 5.91 Å². The molecule has 2 aromatic rings. The van der Waals surface area contributed by atoms with Gasteiger partial charge in [-0.3, -0.25) is 9.78 Å². The maximum atomic E-state index is 13.0. The van der Waals surface area contributed by atoms with E-state index < -0.39 is 24.1 Å². The number of benzene rings is 1. The molecule has 0 atom stereocenters. The van der Waals surface area contributed by atoms with Crippen LogP contribution in [-0.2, 0) is 17.4 Å². The van der Waals surface area contributed by atoms with Gasteiger partial charge in [-0.25, -0.2) is 0 Å². The lowest BCUT2D eigenvalue weighted by molar-refractivity contribution is -0.138. The Labute approximate surface area is 113 Å². The molecule has 0 spiro atoms. The summed E-state index contributed by atoms with van der Waals surface area (Å²) in [4.78, 5) is 14.8. The first-order valence-electron chi connectivity index (χ1n) is 5.78. The third-order valence-corrected chi connectivity index (χ3v) is 2.74. The van der Waals surface area contributed by atoms with E-state index in [-0.39, 0.29) is 5.56 Å². The molecule has 1 aromatic heterocycles. The fourth-order valence-electron chi connectivity index (χ4n) is 1.88. The zero-order valence-electron chi connectivity index (χ0n) is 10.3. The van der Waals surface area contributed by atoms with Crippen molar-refractivity contribution in [2.75, 3.05) is 0 Å². The minimum absolute atomic E-state index is 0.135. The topological polar surface area (TPSA) is 56.0 Å². The van der Waals surface area contributed by atoms with Gasteiger partial charge in [0.25, 0.3) is 0 Å². The van der Waals surface area contributed by atoms with Crippen molar-refractivity contribution in [3.63, 3.8) is 0 Å². The van der Waals surface area contributed by atoms with Gasteiger partial charge in [-0.15, -0.1) is 0 Å². The Bertz CT molecular complexity index is 624. The first kappa shape index (κ1) is 14.0. The van der Waals surface area contributed by atoms with Crippen LogP contribution < -0.4 is 5.73 Å². The molecule has 20 heavy (non-hydrogen) atoms. The fourth-order valence-corrected chi connectivity index (χ4v) is 1.88. The van der Waals surface area contributed by atoms with Crippen molar-refractivity contribution < 1.29 is 18.0 Å². The summed E-state index contributed by atoms with van der Waals surface area (Å²) in [5.41, 5.74) is 4.74. The van der Waals surface area contributed by atoms with Crippen LogP contribution in [0.1, 0.15) is 11.1 Å². The molecule has 0 aliphatic heterocycles. The number of rotatable bonds is 3. The Morgan fingerprint density at radius 2 is 1.95 bits per heavy atom. The van der Waals surface area contributed by atoms with Crippen LogP contribution in [0.5, 0.6) is 0 Å². The van der Waals surface area contributed by atoms with Gasteiger partial charge in [0.15, 0.2) is 0 Å². The highest BCUT2D eigenvalue weighted by molar-refractivity contribution is 5.77. The lowest BCUT2D eigenvalue weighted by Gasteiger charge is -2.13. The fraction of sp³-hybridized carbons (Fsp3) is 0.143. The van der Waals surface area contributed by atoms with E-state index in [1.807, 2.05) is 0 Å². The van der Waals surface area contributed by atoms with E-state index >= 15 is 0 Å². The highest BCUT2D eigenvalue weighted by atomic mass is 19.4. The number of hydrogen-bond acceptors (Lipinski definition) is 2.